The van der Waals surface area contributed by atoms with Gasteiger partial charge in [0.1, 0.15) is 11.9 Å². The molecule has 0 saturated carbocycles. The summed E-state index contributed by atoms with van der Waals surface area (Å²) in [5.74, 6) is 0.445. The number of nitrogens with zero attached hydrogens (tertiary/aromatic N) is 3. The summed E-state index contributed by atoms with van der Waals surface area (Å²) in [6.45, 7) is 2.42. The van der Waals surface area contributed by atoms with E-state index in [1.54, 1.807) is 34.8 Å². The van der Waals surface area contributed by atoms with Crippen LogP contribution in [0.25, 0.3) is 0 Å². The lowest BCUT2D eigenvalue weighted by Gasteiger charge is -2.22. The summed E-state index contributed by atoms with van der Waals surface area (Å²) in [4.78, 5) is 26.4. The summed E-state index contributed by atoms with van der Waals surface area (Å²) in [5, 5.41) is 7.03. The maximum absolute atomic E-state index is 12.5. The molecule has 0 unspecified atom stereocenters. The van der Waals surface area contributed by atoms with Crippen LogP contribution in [0.5, 0.6) is 0 Å². The molecular formula is C15H18N4O3. The molecule has 2 aromatic heterocycles. The van der Waals surface area contributed by atoms with Gasteiger partial charge in [0, 0.05) is 19.7 Å². The van der Waals surface area contributed by atoms with Crippen LogP contribution in [0.4, 0.5) is 5.82 Å². The Labute approximate surface area is 127 Å². The van der Waals surface area contributed by atoms with E-state index in [1.165, 1.54) is 6.26 Å². The van der Waals surface area contributed by atoms with Crippen molar-refractivity contribution in [1.29, 1.82) is 0 Å². The molecule has 1 aliphatic rings. The van der Waals surface area contributed by atoms with Crippen molar-refractivity contribution in [3.63, 3.8) is 0 Å². The van der Waals surface area contributed by atoms with Crippen molar-refractivity contribution in [1.82, 2.24) is 14.7 Å². The van der Waals surface area contributed by atoms with E-state index in [2.05, 4.69) is 10.4 Å². The van der Waals surface area contributed by atoms with Gasteiger partial charge in [0.2, 0.25) is 5.91 Å². The molecule has 1 saturated heterocycles. The molecular weight excluding hydrogens is 284 g/mol. The number of hydrogen-bond donors (Lipinski definition) is 1. The van der Waals surface area contributed by atoms with Crippen molar-refractivity contribution in [2.75, 3.05) is 11.9 Å². The molecule has 0 aromatic carbocycles. The zero-order valence-electron chi connectivity index (χ0n) is 12.6. The molecule has 1 aliphatic heterocycles. The maximum Gasteiger partial charge on any atom is 0.290 e. The fourth-order valence-electron chi connectivity index (χ4n) is 2.76. The van der Waals surface area contributed by atoms with Gasteiger partial charge in [-0.25, -0.2) is 0 Å². The Bertz CT molecular complexity index is 690. The topological polar surface area (TPSA) is 80.4 Å². The van der Waals surface area contributed by atoms with Crippen molar-refractivity contribution >= 4 is 17.6 Å². The summed E-state index contributed by atoms with van der Waals surface area (Å²) < 4.78 is 6.75. The Morgan fingerprint density at radius 3 is 2.91 bits per heavy atom. The highest BCUT2D eigenvalue weighted by atomic mass is 16.3. The van der Waals surface area contributed by atoms with Gasteiger partial charge in [0.05, 0.1) is 12.0 Å². The van der Waals surface area contributed by atoms with Gasteiger partial charge in [-0.15, -0.1) is 0 Å². The van der Waals surface area contributed by atoms with Crippen molar-refractivity contribution in [3.05, 3.63) is 35.9 Å². The molecule has 1 N–H and O–H groups in total. The molecule has 0 aliphatic carbocycles. The Morgan fingerprint density at radius 1 is 1.45 bits per heavy atom. The highest BCUT2D eigenvalue weighted by Gasteiger charge is 2.35. The van der Waals surface area contributed by atoms with Crippen LogP contribution < -0.4 is 5.32 Å². The van der Waals surface area contributed by atoms with Crippen LogP contribution in [-0.2, 0) is 11.8 Å². The zero-order chi connectivity index (χ0) is 15.7. The molecule has 116 valence electrons. The number of likely N-dealkylation sites (tertiary alicyclic amines) is 1. The van der Waals surface area contributed by atoms with Crippen LogP contribution in [0.3, 0.4) is 0 Å². The Kier molecular flexibility index (Phi) is 3.70. The molecule has 2 amide bonds. The van der Waals surface area contributed by atoms with Gasteiger partial charge in [-0.1, -0.05) is 0 Å². The van der Waals surface area contributed by atoms with Gasteiger partial charge in [0.15, 0.2) is 5.76 Å². The second-order valence-corrected chi connectivity index (χ2v) is 5.42. The summed E-state index contributed by atoms with van der Waals surface area (Å²) in [7, 11) is 1.77. The summed E-state index contributed by atoms with van der Waals surface area (Å²) in [6, 6.07) is 4.59. The Morgan fingerprint density at radius 2 is 2.27 bits per heavy atom. The number of anilines is 1. The van der Waals surface area contributed by atoms with Crippen molar-refractivity contribution < 1.29 is 14.0 Å². The van der Waals surface area contributed by atoms with Gasteiger partial charge in [-0.3, -0.25) is 14.3 Å². The molecule has 3 heterocycles. The van der Waals surface area contributed by atoms with Crippen LogP contribution in [0.15, 0.2) is 28.9 Å². The SMILES string of the molecule is Cc1cc(NC(=O)[C@H]2CCCN2C(=O)c2ccco2)n(C)n1. The number of aryl methyl sites for hydroxylation is 2. The normalized spacial score (nSPS) is 17.7. The number of carbonyl (C=O) groups is 2. The van der Waals surface area contributed by atoms with Gasteiger partial charge < -0.3 is 14.6 Å². The van der Waals surface area contributed by atoms with E-state index in [0.717, 1.165) is 12.1 Å². The smallest absolute Gasteiger partial charge is 0.290 e. The Hall–Kier alpha value is -2.57. The number of carbonyl (C=O) groups excluding carboxylic acids is 2. The molecule has 7 heteroatoms. The lowest BCUT2D eigenvalue weighted by atomic mass is 10.2. The quantitative estimate of drug-likeness (QED) is 0.933. The van der Waals surface area contributed by atoms with Crippen LogP contribution >= 0.6 is 0 Å². The summed E-state index contributed by atoms with van der Waals surface area (Å²) >= 11 is 0. The van der Waals surface area contributed by atoms with Crippen molar-refractivity contribution in [2.45, 2.75) is 25.8 Å². The fourth-order valence-corrected chi connectivity index (χ4v) is 2.76. The van der Waals surface area contributed by atoms with Crippen LogP contribution in [-0.4, -0.2) is 39.1 Å². The average molecular weight is 302 g/mol. The molecule has 1 atom stereocenters. The first-order chi connectivity index (χ1) is 10.6. The van der Waals surface area contributed by atoms with Crippen molar-refractivity contribution in [3.8, 4) is 0 Å². The van der Waals surface area contributed by atoms with E-state index < -0.39 is 6.04 Å². The van der Waals surface area contributed by atoms with Crippen LogP contribution in [0.1, 0.15) is 29.1 Å². The van der Waals surface area contributed by atoms with Gasteiger partial charge in [-0.05, 0) is 31.9 Å². The molecule has 1 fully saturated rings. The minimum absolute atomic E-state index is 0.194. The Balaban J connectivity index is 1.74. The first kappa shape index (κ1) is 14.4. The first-order valence-corrected chi connectivity index (χ1v) is 7.22. The molecule has 7 nitrogen and oxygen atoms in total. The van der Waals surface area contributed by atoms with Gasteiger partial charge in [-0.2, -0.15) is 5.10 Å². The fraction of sp³-hybridized carbons (Fsp3) is 0.400. The largest absolute Gasteiger partial charge is 0.459 e. The maximum atomic E-state index is 12.5. The second kappa shape index (κ2) is 5.67. The number of furan rings is 1. The third kappa shape index (κ3) is 2.61. The zero-order valence-corrected chi connectivity index (χ0v) is 12.6. The van der Waals surface area contributed by atoms with E-state index in [4.69, 9.17) is 4.42 Å². The third-order valence-electron chi connectivity index (χ3n) is 3.80. The lowest BCUT2D eigenvalue weighted by Crippen LogP contribution is -2.43. The van der Waals surface area contributed by atoms with Crippen LogP contribution in [0, 0.1) is 6.92 Å². The lowest BCUT2D eigenvalue weighted by molar-refractivity contribution is -0.119. The molecule has 0 radical (unpaired) electrons. The molecule has 3 rings (SSSR count). The van der Waals surface area contributed by atoms with E-state index in [-0.39, 0.29) is 17.6 Å². The molecule has 2 aromatic rings. The van der Waals surface area contributed by atoms with E-state index >= 15 is 0 Å². The van der Waals surface area contributed by atoms with Gasteiger partial charge >= 0.3 is 0 Å². The van der Waals surface area contributed by atoms with Crippen molar-refractivity contribution in [2.24, 2.45) is 7.05 Å². The average Bonchev–Trinajstić information content (AvgIpc) is 3.20. The summed E-state index contributed by atoms with van der Waals surface area (Å²) in [5.41, 5.74) is 0.827. The minimum atomic E-state index is -0.479. The standard InChI is InChI=1S/C15H18N4O3/c1-10-9-13(18(2)17-10)16-14(20)11-5-3-7-19(11)15(21)12-6-4-8-22-12/h4,6,8-9,11H,3,5,7H2,1-2H3,(H,16,20)/t11-/m1/s1. The molecule has 0 bridgehead atoms. The number of nitrogens with one attached hydrogen (secondary N) is 1. The predicted molar refractivity (Wildman–Crippen MR) is 79.3 cm³/mol. The van der Waals surface area contributed by atoms with E-state index in [9.17, 15) is 9.59 Å². The first-order valence-electron chi connectivity index (χ1n) is 7.22. The van der Waals surface area contributed by atoms with Crippen LogP contribution in [0.2, 0.25) is 0 Å². The van der Waals surface area contributed by atoms with E-state index in [0.29, 0.717) is 18.8 Å². The number of aromatic nitrogens is 2. The predicted octanol–water partition coefficient (Wildman–Crippen LogP) is 1.56. The minimum Gasteiger partial charge on any atom is -0.459 e. The number of hydrogen-bond acceptors (Lipinski definition) is 4. The number of rotatable bonds is 3. The third-order valence-corrected chi connectivity index (χ3v) is 3.80. The highest BCUT2D eigenvalue weighted by Crippen LogP contribution is 2.22. The second-order valence-electron chi connectivity index (χ2n) is 5.42. The summed E-state index contributed by atoms with van der Waals surface area (Å²) in [6.07, 6.45) is 2.90. The highest BCUT2D eigenvalue weighted by molar-refractivity contribution is 6.00. The van der Waals surface area contributed by atoms with E-state index in [1.807, 2.05) is 6.92 Å². The molecule has 0 spiro atoms. The monoisotopic (exact) mass is 302 g/mol. The number of amides is 2. The van der Waals surface area contributed by atoms with Gasteiger partial charge in [0.25, 0.3) is 5.91 Å². The molecule has 22 heavy (non-hydrogen) atoms.